The summed E-state index contributed by atoms with van der Waals surface area (Å²) in [5, 5.41) is 4.86. The van der Waals surface area contributed by atoms with Gasteiger partial charge in [-0.15, -0.1) is 0 Å². The Bertz CT molecular complexity index is 1610. The summed E-state index contributed by atoms with van der Waals surface area (Å²) in [6.07, 6.45) is 1.52. The van der Waals surface area contributed by atoms with E-state index in [1.165, 1.54) is 6.21 Å². The molecule has 38 heavy (non-hydrogen) atoms. The van der Waals surface area contributed by atoms with E-state index >= 15 is 0 Å². The summed E-state index contributed by atoms with van der Waals surface area (Å²) in [4.78, 5) is 30.1. The second-order valence-corrected chi connectivity index (χ2v) is 8.32. The number of methoxy groups -OCH3 is 1. The van der Waals surface area contributed by atoms with Crippen molar-refractivity contribution in [1.82, 2.24) is 10.4 Å². The zero-order chi connectivity index (χ0) is 26.3. The van der Waals surface area contributed by atoms with Crippen molar-refractivity contribution in [1.29, 1.82) is 0 Å². The van der Waals surface area contributed by atoms with Crippen LogP contribution in [0.3, 0.4) is 0 Å². The Balaban J connectivity index is 1.27. The van der Waals surface area contributed by atoms with Gasteiger partial charge in [0.1, 0.15) is 11.5 Å². The second-order valence-electron chi connectivity index (χ2n) is 8.32. The number of carbonyl (C=O) groups is 2. The number of amides is 1. The van der Waals surface area contributed by atoms with Crippen molar-refractivity contribution < 1.29 is 19.1 Å². The first-order chi connectivity index (χ1) is 18.6. The van der Waals surface area contributed by atoms with Crippen LogP contribution in [0.2, 0.25) is 0 Å². The molecule has 0 unspecified atom stereocenters. The number of fused-ring (bicyclic) bond motifs is 1. The summed E-state index contributed by atoms with van der Waals surface area (Å²) in [6.45, 7) is 0. The van der Waals surface area contributed by atoms with Crippen molar-refractivity contribution in [3.05, 3.63) is 126 Å². The van der Waals surface area contributed by atoms with Crippen molar-refractivity contribution in [3.63, 3.8) is 0 Å². The van der Waals surface area contributed by atoms with Crippen molar-refractivity contribution >= 4 is 29.0 Å². The lowest BCUT2D eigenvalue weighted by atomic mass is 10.0. The number of hydrogen-bond donors (Lipinski definition) is 1. The highest BCUT2D eigenvalue weighted by atomic mass is 16.5. The van der Waals surface area contributed by atoms with E-state index in [4.69, 9.17) is 14.5 Å². The molecular weight excluding hydrogens is 478 g/mol. The molecule has 0 aliphatic carbocycles. The summed E-state index contributed by atoms with van der Waals surface area (Å²) in [7, 11) is 1.56. The minimum atomic E-state index is -0.471. The number of nitrogens with one attached hydrogen (secondary N) is 1. The van der Waals surface area contributed by atoms with Gasteiger partial charge in [-0.1, -0.05) is 48.5 Å². The molecule has 0 spiro atoms. The summed E-state index contributed by atoms with van der Waals surface area (Å²) < 4.78 is 10.5. The van der Waals surface area contributed by atoms with E-state index in [2.05, 4.69) is 10.5 Å². The summed E-state index contributed by atoms with van der Waals surface area (Å²) >= 11 is 0. The molecule has 0 saturated carbocycles. The van der Waals surface area contributed by atoms with Gasteiger partial charge in [-0.2, -0.15) is 5.10 Å². The first kappa shape index (κ1) is 24.4. The number of aromatic nitrogens is 1. The number of nitrogens with zero attached hydrogens (tertiary/aromatic N) is 2. The van der Waals surface area contributed by atoms with E-state index in [9.17, 15) is 9.59 Å². The van der Waals surface area contributed by atoms with Crippen LogP contribution in [-0.2, 0) is 0 Å². The fourth-order valence-corrected chi connectivity index (χ4v) is 3.86. The molecule has 0 atom stereocenters. The molecule has 0 aliphatic rings. The molecule has 7 heteroatoms. The van der Waals surface area contributed by atoms with E-state index < -0.39 is 5.97 Å². The van der Waals surface area contributed by atoms with Crippen LogP contribution in [0.15, 0.2) is 114 Å². The molecule has 5 rings (SSSR count). The summed E-state index contributed by atoms with van der Waals surface area (Å²) in [5.74, 6) is 0.234. The van der Waals surface area contributed by atoms with Crippen molar-refractivity contribution in [2.75, 3.05) is 7.11 Å². The summed E-state index contributed by atoms with van der Waals surface area (Å²) in [5.41, 5.74) is 6.57. The molecule has 1 aromatic heterocycles. The molecular formula is C31H23N3O4. The zero-order valence-electron chi connectivity index (χ0n) is 20.5. The molecule has 0 aliphatic heterocycles. The molecule has 1 N–H and O–H groups in total. The number of hydrogen-bond acceptors (Lipinski definition) is 6. The standard InChI is InChI=1S/C31H23N3O4/c1-37-24-17-13-23(14-18-24)31(36)38-25-15-11-21(12-16-25)20-32-34-30(35)27-19-29(22-7-3-2-4-8-22)33-28-10-6-5-9-26(27)28/h2-20H,1H3,(H,34,35)/b32-20-. The first-order valence-electron chi connectivity index (χ1n) is 11.9. The maximum atomic E-state index is 13.1. The lowest BCUT2D eigenvalue weighted by molar-refractivity contribution is 0.0734. The van der Waals surface area contributed by atoms with Crippen LogP contribution in [-0.4, -0.2) is 30.2 Å². The Morgan fingerprint density at radius 2 is 1.50 bits per heavy atom. The SMILES string of the molecule is COc1ccc(C(=O)Oc2ccc(/C=N\NC(=O)c3cc(-c4ccccc4)nc4ccccc34)cc2)cc1. The second kappa shape index (κ2) is 11.2. The third-order valence-electron chi connectivity index (χ3n) is 5.83. The number of benzene rings is 4. The van der Waals surface area contributed by atoms with Gasteiger partial charge >= 0.3 is 5.97 Å². The van der Waals surface area contributed by atoms with Crippen LogP contribution in [0.5, 0.6) is 11.5 Å². The van der Waals surface area contributed by atoms with Crippen LogP contribution >= 0.6 is 0 Å². The molecule has 186 valence electrons. The topological polar surface area (TPSA) is 89.9 Å². The number of carbonyl (C=O) groups excluding carboxylic acids is 2. The van der Waals surface area contributed by atoms with Gasteiger partial charge in [-0.3, -0.25) is 4.79 Å². The van der Waals surface area contributed by atoms with E-state index in [1.54, 1.807) is 61.7 Å². The highest BCUT2D eigenvalue weighted by Crippen LogP contribution is 2.25. The van der Waals surface area contributed by atoms with Gasteiger partial charge in [0.25, 0.3) is 5.91 Å². The largest absolute Gasteiger partial charge is 0.497 e. The highest BCUT2D eigenvalue weighted by Gasteiger charge is 2.13. The molecule has 7 nitrogen and oxygen atoms in total. The molecule has 1 amide bonds. The van der Waals surface area contributed by atoms with E-state index in [0.29, 0.717) is 28.3 Å². The first-order valence-corrected chi connectivity index (χ1v) is 11.9. The fraction of sp³-hybridized carbons (Fsp3) is 0.0323. The predicted octanol–water partition coefficient (Wildman–Crippen LogP) is 5.89. The van der Waals surface area contributed by atoms with Crippen LogP contribution in [0.4, 0.5) is 0 Å². The van der Waals surface area contributed by atoms with Gasteiger partial charge in [0.15, 0.2) is 0 Å². The van der Waals surface area contributed by atoms with Crippen molar-refractivity contribution in [3.8, 4) is 22.8 Å². The molecule has 5 aromatic rings. The normalized spacial score (nSPS) is 10.9. The monoisotopic (exact) mass is 501 g/mol. The third kappa shape index (κ3) is 5.57. The Morgan fingerprint density at radius 1 is 0.816 bits per heavy atom. The average molecular weight is 502 g/mol. The molecule has 0 saturated heterocycles. The number of hydrazone groups is 1. The third-order valence-corrected chi connectivity index (χ3v) is 5.83. The van der Waals surface area contributed by atoms with Gasteiger partial charge in [0.2, 0.25) is 0 Å². The van der Waals surface area contributed by atoms with Crippen LogP contribution in [0.25, 0.3) is 22.2 Å². The maximum Gasteiger partial charge on any atom is 0.343 e. The molecule has 0 fully saturated rings. The average Bonchev–Trinajstić information content (AvgIpc) is 2.98. The zero-order valence-corrected chi connectivity index (χ0v) is 20.5. The fourth-order valence-electron chi connectivity index (χ4n) is 3.86. The Morgan fingerprint density at radius 3 is 2.24 bits per heavy atom. The maximum absolute atomic E-state index is 13.1. The van der Waals surface area contributed by atoms with Crippen LogP contribution < -0.4 is 14.9 Å². The Hall–Kier alpha value is -5.30. The highest BCUT2D eigenvalue weighted by molar-refractivity contribution is 6.07. The van der Waals surface area contributed by atoms with E-state index in [0.717, 1.165) is 22.0 Å². The quantitative estimate of drug-likeness (QED) is 0.130. The van der Waals surface area contributed by atoms with Gasteiger partial charge < -0.3 is 9.47 Å². The Labute approximate surface area is 219 Å². The number of para-hydroxylation sites is 1. The Kier molecular flexibility index (Phi) is 7.18. The van der Waals surface area contributed by atoms with Gasteiger partial charge in [-0.05, 0) is 66.2 Å². The molecule has 0 radical (unpaired) electrons. The van der Waals surface area contributed by atoms with Crippen molar-refractivity contribution in [2.45, 2.75) is 0 Å². The minimum absolute atomic E-state index is 0.345. The number of ether oxygens (including phenoxy) is 2. The number of rotatable bonds is 7. The van der Waals surface area contributed by atoms with E-state index in [1.807, 2.05) is 54.6 Å². The lowest BCUT2D eigenvalue weighted by Gasteiger charge is -2.09. The summed E-state index contributed by atoms with van der Waals surface area (Å²) in [6, 6.07) is 32.4. The van der Waals surface area contributed by atoms with E-state index in [-0.39, 0.29) is 5.91 Å². The number of esters is 1. The van der Waals surface area contributed by atoms with Gasteiger partial charge in [-0.25, -0.2) is 15.2 Å². The molecule has 0 bridgehead atoms. The number of pyridine rings is 1. The van der Waals surface area contributed by atoms with Crippen LogP contribution in [0.1, 0.15) is 26.3 Å². The van der Waals surface area contributed by atoms with Gasteiger partial charge in [0.05, 0.1) is 35.7 Å². The predicted molar refractivity (Wildman–Crippen MR) is 147 cm³/mol. The molecule has 4 aromatic carbocycles. The van der Waals surface area contributed by atoms with Gasteiger partial charge in [0, 0.05) is 10.9 Å². The smallest absolute Gasteiger partial charge is 0.343 e. The minimum Gasteiger partial charge on any atom is -0.497 e. The lowest BCUT2D eigenvalue weighted by Crippen LogP contribution is -2.18. The molecule has 1 heterocycles. The van der Waals surface area contributed by atoms with Crippen molar-refractivity contribution in [2.24, 2.45) is 5.10 Å². The van der Waals surface area contributed by atoms with Crippen LogP contribution in [0, 0.1) is 0 Å².